The van der Waals surface area contributed by atoms with Gasteiger partial charge in [0.25, 0.3) is 5.91 Å². The molecule has 0 saturated carbocycles. The first-order chi connectivity index (χ1) is 16.2. The SMILES string of the molecule is CC(Oc1cc(-c2ccnc(C(=O)N3CCN(C)CC3)c2)cnc1N)c1c(F)ccc(F)c1Cl. The Kier molecular flexibility index (Phi) is 6.95. The maximum Gasteiger partial charge on any atom is 0.272 e. The summed E-state index contributed by atoms with van der Waals surface area (Å²) in [5.41, 5.74) is 7.49. The van der Waals surface area contributed by atoms with Gasteiger partial charge < -0.3 is 20.3 Å². The van der Waals surface area contributed by atoms with Crippen LogP contribution in [0.1, 0.15) is 29.1 Å². The van der Waals surface area contributed by atoms with E-state index in [1.165, 1.54) is 6.92 Å². The van der Waals surface area contributed by atoms with Crippen LogP contribution in [-0.2, 0) is 0 Å². The van der Waals surface area contributed by atoms with E-state index in [4.69, 9.17) is 22.1 Å². The van der Waals surface area contributed by atoms with Crippen molar-refractivity contribution in [2.24, 2.45) is 0 Å². The number of nitrogens with two attached hydrogens (primary N) is 1. The van der Waals surface area contributed by atoms with Gasteiger partial charge in [-0.15, -0.1) is 0 Å². The van der Waals surface area contributed by atoms with Gasteiger partial charge in [0.15, 0.2) is 11.6 Å². The summed E-state index contributed by atoms with van der Waals surface area (Å²) < 4.78 is 34.0. The summed E-state index contributed by atoms with van der Waals surface area (Å²) >= 11 is 5.96. The average Bonchev–Trinajstić information content (AvgIpc) is 2.83. The second-order valence-corrected chi connectivity index (χ2v) is 8.53. The highest BCUT2D eigenvalue weighted by Crippen LogP contribution is 2.34. The Bertz CT molecular complexity index is 1220. The fraction of sp³-hybridized carbons (Fsp3) is 0.292. The van der Waals surface area contributed by atoms with Crippen molar-refractivity contribution >= 4 is 23.3 Å². The van der Waals surface area contributed by atoms with Crippen molar-refractivity contribution in [2.45, 2.75) is 13.0 Å². The van der Waals surface area contributed by atoms with Crippen LogP contribution < -0.4 is 10.5 Å². The molecule has 1 saturated heterocycles. The molecule has 178 valence electrons. The van der Waals surface area contributed by atoms with Crippen LogP contribution in [-0.4, -0.2) is 58.9 Å². The maximum absolute atomic E-state index is 14.3. The second kappa shape index (κ2) is 9.90. The maximum atomic E-state index is 14.3. The van der Waals surface area contributed by atoms with Gasteiger partial charge in [-0.25, -0.2) is 13.8 Å². The van der Waals surface area contributed by atoms with E-state index in [0.717, 1.165) is 25.2 Å². The minimum atomic E-state index is -0.936. The van der Waals surface area contributed by atoms with Gasteiger partial charge in [-0.3, -0.25) is 9.78 Å². The van der Waals surface area contributed by atoms with E-state index in [1.54, 1.807) is 35.5 Å². The molecular formula is C24H24ClF2N5O2. The Morgan fingerprint density at radius 2 is 1.79 bits per heavy atom. The smallest absolute Gasteiger partial charge is 0.272 e. The first-order valence-corrected chi connectivity index (χ1v) is 11.1. The molecule has 7 nitrogen and oxygen atoms in total. The third-order valence-electron chi connectivity index (χ3n) is 5.77. The third-order valence-corrected chi connectivity index (χ3v) is 6.16. The van der Waals surface area contributed by atoms with Gasteiger partial charge in [-0.05, 0) is 49.9 Å². The fourth-order valence-electron chi connectivity index (χ4n) is 3.77. The van der Waals surface area contributed by atoms with E-state index in [1.807, 2.05) is 7.05 Å². The molecule has 34 heavy (non-hydrogen) atoms. The monoisotopic (exact) mass is 487 g/mol. The van der Waals surface area contributed by atoms with Crippen molar-refractivity contribution in [2.75, 3.05) is 39.0 Å². The number of hydrogen-bond donors (Lipinski definition) is 1. The van der Waals surface area contributed by atoms with Crippen molar-refractivity contribution in [3.05, 3.63) is 70.6 Å². The molecular weight excluding hydrogens is 464 g/mol. The van der Waals surface area contributed by atoms with E-state index in [-0.39, 0.29) is 28.1 Å². The van der Waals surface area contributed by atoms with Crippen LogP contribution >= 0.6 is 11.6 Å². The number of pyridine rings is 2. The molecule has 1 amide bonds. The van der Waals surface area contributed by atoms with E-state index in [0.29, 0.717) is 29.9 Å². The average molecular weight is 488 g/mol. The number of carbonyl (C=O) groups is 1. The first-order valence-electron chi connectivity index (χ1n) is 10.7. The van der Waals surface area contributed by atoms with Crippen molar-refractivity contribution in [1.82, 2.24) is 19.8 Å². The Morgan fingerprint density at radius 1 is 1.09 bits per heavy atom. The number of anilines is 1. The summed E-state index contributed by atoms with van der Waals surface area (Å²) in [5, 5.41) is -0.351. The lowest BCUT2D eigenvalue weighted by molar-refractivity contribution is 0.0658. The van der Waals surface area contributed by atoms with Crippen molar-refractivity contribution in [3.63, 3.8) is 0 Å². The van der Waals surface area contributed by atoms with E-state index in [9.17, 15) is 13.6 Å². The standard InChI is InChI=1S/C24H24ClF2N5O2/c1-14(21-17(26)3-4-18(27)22(21)25)34-20-12-16(13-30-23(20)28)15-5-6-29-19(11-15)24(33)32-9-7-31(2)8-10-32/h3-6,11-14H,7-10H2,1-2H3,(H2,28,30). The minimum absolute atomic E-state index is 0.0753. The summed E-state index contributed by atoms with van der Waals surface area (Å²) in [7, 11) is 2.02. The zero-order valence-electron chi connectivity index (χ0n) is 18.8. The number of benzene rings is 1. The number of amides is 1. The lowest BCUT2D eigenvalue weighted by Gasteiger charge is -2.32. The van der Waals surface area contributed by atoms with Gasteiger partial charge in [0.2, 0.25) is 0 Å². The number of carbonyl (C=O) groups excluding carboxylic acids is 1. The predicted octanol–water partition coefficient (Wildman–Crippen LogP) is 4.19. The van der Waals surface area contributed by atoms with Gasteiger partial charge in [0, 0.05) is 49.7 Å². The van der Waals surface area contributed by atoms with Crippen LogP contribution in [0.15, 0.2) is 42.7 Å². The van der Waals surface area contributed by atoms with Crippen molar-refractivity contribution in [3.8, 4) is 16.9 Å². The zero-order chi connectivity index (χ0) is 24.4. The molecule has 1 fully saturated rings. The number of likely N-dealkylation sites (N-methyl/N-ethyl adjacent to an activating group) is 1. The number of rotatable bonds is 5. The Morgan fingerprint density at radius 3 is 2.53 bits per heavy atom. The Balaban J connectivity index is 1.59. The highest BCUT2D eigenvalue weighted by Gasteiger charge is 2.23. The highest BCUT2D eigenvalue weighted by molar-refractivity contribution is 6.31. The molecule has 2 aromatic heterocycles. The molecule has 0 bridgehead atoms. The molecule has 1 unspecified atom stereocenters. The molecule has 1 aliphatic rings. The lowest BCUT2D eigenvalue weighted by Crippen LogP contribution is -2.47. The quantitative estimate of drug-likeness (QED) is 0.543. The topological polar surface area (TPSA) is 84.6 Å². The van der Waals surface area contributed by atoms with Crippen LogP contribution in [0.4, 0.5) is 14.6 Å². The number of ether oxygens (including phenoxy) is 1. The zero-order valence-corrected chi connectivity index (χ0v) is 19.5. The van der Waals surface area contributed by atoms with Crippen LogP contribution in [0.5, 0.6) is 5.75 Å². The molecule has 1 aliphatic heterocycles. The summed E-state index contributed by atoms with van der Waals surface area (Å²) in [4.78, 5) is 25.3. The molecule has 0 radical (unpaired) electrons. The van der Waals surface area contributed by atoms with Gasteiger partial charge in [-0.1, -0.05) is 11.6 Å². The molecule has 1 atom stereocenters. The van der Waals surface area contributed by atoms with Gasteiger partial charge >= 0.3 is 0 Å². The Labute approximate surface area is 201 Å². The van der Waals surface area contributed by atoms with Crippen LogP contribution in [0.2, 0.25) is 5.02 Å². The lowest BCUT2D eigenvalue weighted by atomic mass is 10.1. The molecule has 2 N–H and O–H groups in total. The second-order valence-electron chi connectivity index (χ2n) is 8.15. The van der Waals surface area contributed by atoms with E-state index >= 15 is 0 Å². The summed E-state index contributed by atoms with van der Waals surface area (Å²) in [6, 6.07) is 7.00. The van der Waals surface area contributed by atoms with Gasteiger partial charge in [-0.2, -0.15) is 0 Å². The van der Waals surface area contributed by atoms with Crippen LogP contribution in [0.3, 0.4) is 0 Å². The number of nitrogens with zero attached hydrogens (tertiary/aromatic N) is 4. The third kappa shape index (κ3) is 4.95. The van der Waals surface area contributed by atoms with Gasteiger partial charge in [0.05, 0.1) is 5.02 Å². The van der Waals surface area contributed by atoms with E-state index < -0.39 is 17.7 Å². The molecule has 3 aromatic rings. The Hall–Kier alpha value is -3.30. The summed E-state index contributed by atoms with van der Waals surface area (Å²) in [6.45, 7) is 4.43. The highest BCUT2D eigenvalue weighted by atomic mass is 35.5. The normalized spacial score (nSPS) is 15.3. The van der Waals surface area contributed by atoms with Crippen LogP contribution in [0.25, 0.3) is 11.1 Å². The molecule has 1 aromatic carbocycles. The van der Waals surface area contributed by atoms with Gasteiger partial charge in [0.1, 0.15) is 23.4 Å². The summed E-state index contributed by atoms with van der Waals surface area (Å²) in [6.07, 6.45) is 2.16. The molecule has 10 heteroatoms. The van der Waals surface area contributed by atoms with Crippen molar-refractivity contribution < 1.29 is 18.3 Å². The number of piperazine rings is 1. The number of hydrogen-bond acceptors (Lipinski definition) is 6. The molecule has 0 aliphatic carbocycles. The minimum Gasteiger partial charge on any atom is -0.482 e. The molecule has 3 heterocycles. The molecule has 0 spiro atoms. The fourth-order valence-corrected chi connectivity index (χ4v) is 4.08. The van der Waals surface area contributed by atoms with E-state index in [2.05, 4.69) is 14.9 Å². The number of nitrogen functional groups attached to an aromatic ring is 1. The number of halogens is 3. The van der Waals surface area contributed by atoms with Crippen molar-refractivity contribution in [1.29, 1.82) is 0 Å². The predicted molar refractivity (Wildman–Crippen MR) is 126 cm³/mol. The largest absolute Gasteiger partial charge is 0.482 e. The van der Waals surface area contributed by atoms with Crippen LogP contribution in [0, 0.1) is 11.6 Å². The first kappa shape index (κ1) is 23.8. The molecule has 4 rings (SSSR count). The summed E-state index contributed by atoms with van der Waals surface area (Å²) in [5.74, 6) is -1.33. The number of aromatic nitrogens is 2.